The number of carbonyl (C=O) groups excluding carboxylic acids is 3. The Balaban J connectivity index is 2.11. The van der Waals surface area contributed by atoms with Gasteiger partial charge in [0.1, 0.15) is 6.61 Å². The number of esters is 1. The molecule has 1 fully saturated rings. The number of ether oxygens (including phenoxy) is 1. The van der Waals surface area contributed by atoms with Crippen LogP contribution in [-0.2, 0) is 20.9 Å². The summed E-state index contributed by atoms with van der Waals surface area (Å²) in [5.41, 5.74) is 0.632. The first-order valence-electron chi connectivity index (χ1n) is 6.58. The first-order valence-corrected chi connectivity index (χ1v) is 6.58. The number of rotatable bonds is 3. The SMILES string of the molecule is CN1C[C@@H](C(=O)OCc2ccccc2)N(C(=O)C(F)(F)F)C1=O. The van der Waals surface area contributed by atoms with Gasteiger partial charge in [-0.2, -0.15) is 13.2 Å². The van der Waals surface area contributed by atoms with Crippen molar-refractivity contribution in [1.29, 1.82) is 0 Å². The molecular weight excluding hydrogens is 317 g/mol. The second-order valence-corrected chi connectivity index (χ2v) is 4.95. The standard InChI is InChI=1S/C14H13F3N2O4/c1-18-7-10(19(13(18)22)12(21)14(15,16)17)11(20)23-8-9-5-3-2-4-6-9/h2-6,10H,7-8H2,1H3/t10-/m0/s1. The Morgan fingerprint density at radius 1 is 1.26 bits per heavy atom. The summed E-state index contributed by atoms with van der Waals surface area (Å²) in [7, 11) is 1.20. The van der Waals surface area contributed by atoms with E-state index in [1.807, 2.05) is 0 Å². The fourth-order valence-corrected chi connectivity index (χ4v) is 2.11. The molecule has 0 aromatic heterocycles. The van der Waals surface area contributed by atoms with Gasteiger partial charge in [-0.25, -0.2) is 14.5 Å². The molecule has 1 saturated heterocycles. The first kappa shape index (κ1) is 16.8. The average Bonchev–Trinajstić information content (AvgIpc) is 2.80. The van der Waals surface area contributed by atoms with Gasteiger partial charge in [0.25, 0.3) is 0 Å². The number of alkyl halides is 3. The Labute approximate surface area is 129 Å². The summed E-state index contributed by atoms with van der Waals surface area (Å²) < 4.78 is 42.6. The molecule has 2 rings (SSSR count). The lowest BCUT2D eigenvalue weighted by atomic mass is 10.2. The summed E-state index contributed by atoms with van der Waals surface area (Å²) in [6.45, 7) is -0.517. The molecule has 6 nitrogen and oxygen atoms in total. The number of likely N-dealkylation sites (N-methyl/N-ethyl adjacent to an activating group) is 1. The third-order valence-electron chi connectivity index (χ3n) is 3.25. The maximum Gasteiger partial charge on any atom is 0.471 e. The highest BCUT2D eigenvalue weighted by atomic mass is 19.4. The third kappa shape index (κ3) is 3.61. The van der Waals surface area contributed by atoms with Crippen molar-refractivity contribution in [3.63, 3.8) is 0 Å². The highest BCUT2D eigenvalue weighted by molar-refractivity contribution is 6.03. The Bertz CT molecular complexity index is 618. The Morgan fingerprint density at radius 3 is 2.43 bits per heavy atom. The van der Waals surface area contributed by atoms with E-state index in [2.05, 4.69) is 0 Å². The van der Waals surface area contributed by atoms with Crippen LogP contribution in [0, 0.1) is 0 Å². The van der Waals surface area contributed by atoms with Crippen molar-refractivity contribution >= 4 is 17.9 Å². The van der Waals surface area contributed by atoms with Crippen LogP contribution in [0.5, 0.6) is 0 Å². The first-order chi connectivity index (χ1) is 10.7. The molecule has 1 aromatic rings. The van der Waals surface area contributed by atoms with Gasteiger partial charge < -0.3 is 9.64 Å². The van der Waals surface area contributed by atoms with Crippen molar-refractivity contribution in [2.45, 2.75) is 18.8 Å². The van der Waals surface area contributed by atoms with Crippen molar-refractivity contribution < 1.29 is 32.3 Å². The van der Waals surface area contributed by atoms with Gasteiger partial charge >= 0.3 is 24.1 Å². The lowest BCUT2D eigenvalue weighted by Crippen LogP contribution is -2.50. The van der Waals surface area contributed by atoms with Crippen LogP contribution < -0.4 is 0 Å². The van der Waals surface area contributed by atoms with Gasteiger partial charge in [0, 0.05) is 7.05 Å². The van der Waals surface area contributed by atoms with Gasteiger partial charge in [-0.15, -0.1) is 0 Å². The van der Waals surface area contributed by atoms with Gasteiger partial charge in [0.2, 0.25) is 0 Å². The summed E-state index contributed by atoms with van der Waals surface area (Å²) in [5.74, 6) is -3.45. The van der Waals surface area contributed by atoms with Gasteiger partial charge in [-0.1, -0.05) is 30.3 Å². The van der Waals surface area contributed by atoms with E-state index in [4.69, 9.17) is 4.74 Å². The van der Waals surface area contributed by atoms with Crippen molar-refractivity contribution in [2.24, 2.45) is 0 Å². The maximum absolute atomic E-state index is 12.6. The summed E-state index contributed by atoms with van der Waals surface area (Å²) in [6.07, 6.45) is -5.25. The van der Waals surface area contributed by atoms with Crippen molar-refractivity contribution in [3.8, 4) is 0 Å². The van der Waals surface area contributed by atoms with Crippen LogP contribution >= 0.6 is 0 Å². The zero-order valence-corrected chi connectivity index (χ0v) is 12.0. The smallest absolute Gasteiger partial charge is 0.459 e. The number of nitrogens with zero attached hydrogens (tertiary/aromatic N) is 2. The number of carbonyl (C=O) groups is 3. The normalized spacial score (nSPS) is 18.3. The molecule has 0 unspecified atom stereocenters. The molecule has 124 valence electrons. The zero-order chi connectivity index (χ0) is 17.2. The minimum atomic E-state index is -5.25. The molecule has 1 aromatic carbocycles. The predicted molar refractivity (Wildman–Crippen MR) is 71.0 cm³/mol. The molecule has 9 heteroatoms. The molecular formula is C14H13F3N2O4. The number of urea groups is 1. The number of amides is 3. The maximum atomic E-state index is 12.6. The molecule has 0 saturated carbocycles. The van der Waals surface area contributed by atoms with Gasteiger partial charge in [-0.3, -0.25) is 4.79 Å². The minimum absolute atomic E-state index is 0.104. The van der Waals surface area contributed by atoms with Gasteiger partial charge in [-0.05, 0) is 5.56 Å². The molecule has 1 heterocycles. The van der Waals surface area contributed by atoms with E-state index in [1.165, 1.54) is 7.05 Å². The van der Waals surface area contributed by atoms with Crippen molar-refractivity contribution in [1.82, 2.24) is 9.80 Å². The van der Waals surface area contributed by atoms with Crippen LogP contribution in [-0.4, -0.2) is 53.5 Å². The van der Waals surface area contributed by atoms with E-state index in [-0.39, 0.29) is 18.1 Å². The lowest BCUT2D eigenvalue weighted by molar-refractivity contribution is -0.185. The monoisotopic (exact) mass is 330 g/mol. The van der Waals surface area contributed by atoms with Crippen molar-refractivity contribution in [3.05, 3.63) is 35.9 Å². The molecule has 1 aliphatic rings. The molecule has 0 radical (unpaired) electrons. The van der Waals surface area contributed by atoms with Crippen LogP contribution in [0.1, 0.15) is 5.56 Å². The summed E-state index contributed by atoms with van der Waals surface area (Å²) in [4.78, 5) is 35.8. The lowest BCUT2D eigenvalue weighted by Gasteiger charge is -2.21. The number of halogens is 3. The summed E-state index contributed by atoms with van der Waals surface area (Å²) in [6, 6.07) is 5.68. The average molecular weight is 330 g/mol. The quantitative estimate of drug-likeness (QED) is 0.789. The minimum Gasteiger partial charge on any atom is -0.459 e. The van der Waals surface area contributed by atoms with E-state index >= 15 is 0 Å². The second-order valence-electron chi connectivity index (χ2n) is 4.95. The van der Waals surface area contributed by atoms with Crippen LogP contribution in [0.3, 0.4) is 0 Å². The van der Waals surface area contributed by atoms with E-state index in [1.54, 1.807) is 30.3 Å². The van der Waals surface area contributed by atoms with E-state index in [0.29, 0.717) is 5.56 Å². The zero-order valence-electron chi connectivity index (χ0n) is 12.0. The Hall–Kier alpha value is -2.58. The van der Waals surface area contributed by atoms with E-state index in [9.17, 15) is 27.6 Å². The Kier molecular flexibility index (Phi) is 4.57. The van der Waals surface area contributed by atoms with Crippen LogP contribution in [0.15, 0.2) is 30.3 Å². The highest BCUT2D eigenvalue weighted by Gasteiger charge is 2.53. The number of imide groups is 1. The van der Waals surface area contributed by atoms with Crippen LogP contribution in [0.4, 0.5) is 18.0 Å². The van der Waals surface area contributed by atoms with Gasteiger partial charge in [0.15, 0.2) is 6.04 Å². The fraction of sp³-hybridized carbons (Fsp3) is 0.357. The van der Waals surface area contributed by atoms with Gasteiger partial charge in [0.05, 0.1) is 6.54 Å². The molecule has 1 aliphatic heterocycles. The molecule has 23 heavy (non-hydrogen) atoms. The fourth-order valence-electron chi connectivity index (χ4n) is 2.11. The molecule has 0 spiro atoms. The summed E-state index contributed by atoms with van der Waals surface area (Å²) in [5, 5.41) is 0. The molecule has 0 bridgehead atoms. The molecule has 1 atom stereocenters. The van der Waals surface area contributed by atoms with E-state index < -0.39 is 30.1 Å². The topological polar surface area (TPSA) is 66.9 Å². The Morgan fingerprint density at radius 2 is 1.87 bits per heavy atom. The second kappa shape index (κ2) is 6.27. The third-order valence-corrected chi connectivity index (χ3v) is 3.25. The molecule has 0 aliphatic carbocycles. The number of benzene rings is 1. The largest absolute Gasteiger partial charge is 0.471 e. The summed E-state index contributed by atoms with van der Waals surface area (Å²) >= 11 is 0. The highest BCUT2D eigenvalue weighted by Crippen LogP contribution is 2.25. The molecule has 0 N–H and O–H groups in total. The van der Waals surface area contributed by atoms with Crippen molar-refractivity contribution in [2.75, 3.05) is 13.6 Å². The number of hydrogen-bond acceptors (Lipinski definition) is 4. The molecule has 3 amide bonds. The number of hydrogen-bond donors (Lipinski definition) is 0. The van der Waals surface area contributed by atoms with Crippen LogP contribution in [0.2, 0.25) is 0 Å². The van der Waals surface area contributed by atoms with Crippen LogP contribution in [0.25, 0.3) is 0 Å². The predicted octanol–water partition coefficient (Wildman–Crippen LogP) is 1.55. The van der Waals surface area contributed by atoms with E-state index in [0.717, 1.165) is 4.90 Å².